The Morgan fingerprint density at radius 1 is 1.48 bits per heavy atom. The molecule has 0 heterocycles. The van der Waals surface area contributed by atoms with Gasteiger partial charge >= 0.3 is 0 Å². The number of hydrogen-bond acceptors (Lipinski definition) is 4. The summed E-state index contributed by atoms with van der Waals surface area (Å²) >= 11 is 0. The van der Waals surface area contributed by atoms with Gasteiger partial charge in [-0.3, -0.25) is 4.79 Å². The van der Waals surface area contributed by atoms with Crippen LogP contribution >= 0.6 is 0 Å². The largest absolute Gasteiger partial charge is 0.389 e. The zero-order chi connectivity index (χ0) is 15.8. The van der Waals surface area contributed by atoms with Gasteiger partial charge in [0.2, 0.25) is 0 Å². The number of rotatable bonds is 8. The average Bonchev–Trinajstić information content (AvgIpc) is 2.44. The van der Waals surface area contributed by atoms with E-state index in [0.717, 1.165) is 24.2 Å². The molecule has 0 saturated heterocycles. The van der Waals surface area contributed by atoms with Crippen molar-refractivity contribution in [2.75, 3.05) is 39.2 Å². The fourth-order valence-electron chi connectivity index (χ4n) is 2.10. The number of aliphatic hydroxyl groups is 1. The van der Waals surface area contributed by atoms with Gasteiger partial charge in [-0.2, -0.15) is 0 Å². The highest BCUT2D eigenvalue weighted by Crippen LogP contribution is 2.19. The molecular formula is C16H26N2O3. The Kier molecular flexibility index (Phi) is 7.19. The molecule has 1 unspecified atom stereocenters. The summed E-state index contributed by atoms with van der Waals surface area (Å²) in [5.74, 6) is -0.108. The number of anilines is 1. The topological polar surface area (TPSA) is 61.8 Å². The molecule has 21 heavy (non-hydrogen) atoms. The van der Waals surface area contributed by atoms with E-state index in [0.29, 0.717) is 5.56 Å². The van der Waals surface area contributed by atoms with Gasteiger partial charge in [0.05, 0.1) is 18.3 Å². The second kappa shape index (κ2) is 8.64. The molecule has 2 N–H and O–H groups in total. The predicted octanol–water partition coefficient (Wildman–Crippen LogP) is 1.90. The molecule has 0 radical (unpaired) electrons. The number of benzene rings is 1. The van der Waals surface area contributed by atoms with Gasteiger partial charge in [-0.1, -0.05) is 13.0 Å². The monoisotopic (exact) mass is 294 g/mol. The third-order valence-electron chi connectivity index (χ3n) is 3.16. The molecule has 0 spiro atoms. The maximum absolute atomic E-state index is 12.5. The Morgan fingerprint density at radius 2 is 2.19 bits per heavy atom. The first-order chi connectivity index (χ1) is 9.99. The number of nitrogens with one attached hydrogen (secondary N) is 1. The quantitative estimate of drug-likeness (QED) is 0.768. The normalized spacial score (nSPS) is 12.0. The first-order valence-corrected chi connectivity index (χ1v) is 7.26. The zero-order valence-electron chi connectivity index (χ0n) is 13.3. The Bertz CT molecular complexity index is 463. The summed E-state index contributed by atoms with van der Waals surface area (Å²) in [6.45, 7) is 5.36. The van der Waals surface area contributed by atoms with Gasteiger partial charge in [0.15, 0.2) is 0 Å². The van der Waals surface area contributed by atoms with Gasteiger partial charge in [0.25, 0.3) is 5.91 Å². The van der Waals surface area contributed by atoms with E-state index in [1.54, 1.807) is 7.05 Å². The number of carbonyl (C=O) groups is 1. The van der Waals surface area contributed by atoms with Crippen molar-refractivity contribution < 1.29 is 14.6 Å². The molecule has 5 heteroatoms. The van der Waals surface area contributed by atoms with Crippen molar-refractivity contribution in [2.24, 2.45) is 0 Å². The number of methoxy groups -OCH3 is 1. The third kappa shape index (κ3) is 5.36. The van der Waals surface area contributed by atoms with Crippen LogP contribution in [0.3, 0.4) is 0 Å². The fourth-order valence-corrected chi connectivity index (χ4v) is 2.10. The third-order valence-corrected chi connectivity index (χ3v) is 3.16. The Labute approximate surface area is 126 Å². The summed E-state index contributed by atoms with van der Waals surface area (Å²) in [6, 6.07) is 5.72. The van der Waals surface area contributed by atoms with E-state index < -0.39 is 6.10 Å². The van der Waals surface area contributed by atoms with Crippen molar-refractivity contribution >= 4 is 11.6 Å². The first-order valence-electron chi connectivity index (χ1n) is 7.26. The summed E-state index contributed by atoms with van der Waals surface area (Å²) in [4.78, 5) is 14.0. The Hall–Kier alpha value is -1.59. The minimum Gasteiger partial charge on any atom is -0.389 e. The number of nitrogens with zero attached hydrogens (tertiary/aromatic N) is 1. The highest BCUT2D eigenvalue weighted by atomic mass is 16.5. The highest BCUT2D eigenvalue weighted by Gasteiger charge is 2.18. The van der Waals surface area contributed by atoms with Crippen molar-refractivity contribution in [3.8, 4) is 0 Å². The number of hydrogen-bond donors (Lipinski definition) is 2. The number of aryl methyl sites for hydroxylation is 1. The molecule has 5 nitrogen and oxygen atoms in total. The summed E-state index contributed by atoms with van der Waals surface area (Å²) in [7, 11) is 3.21. The molecule has 0 bridgehead atoms. The van der Waals surface area contributed by atoms with Crippen LogP contribution < -0.4 is 5.32 Å². The molecule has 0 aliphatic carbocycles. The lowest BCUT2D eigenvalue weighted by atomic mass is 10.1. The van der Waals surface area contributed by atoms with Crippen LogP contribution in [-0.4, -0.2) is 55.9 Å². The fraction of sp³-hybridized carbons (Fsp3) is 0.562. The van der Waals surface area contributed by atoms with Crippen LogP contribution in [0, 0.1) is 6.92 Å². The molecule has 1 amide bonds. The second-order valence-electron chi connectivity index (χ2n) is 5.27. The van der Waals surface area contributed by atoms with E-state index in [9.17, 15) is 9.90 Å². The number of carbonyl (C=O) groups excluding carboxylic acids is 1. The van der Waals surface area contributed by atoms with Gasteiger partial charge in [0, 0.05) is 32.9 Å². The minimum absolute atomic E-state index is 0.108. The van der Waals surface area contributed by atoms with E-state index >= 15 is 0 Å². The molecule has 0 saturated carbocycles. The van der Waals surface area contributed by atoms with Gasteiger partial charge in [-0.15, -0.1) is 0 Å². The first kappa shape index (κ1) is 17.5. The van der Waals surface area contributed by atoms with Crippen LogP contribution in [0.5, 0.6) is 0 Å². The average molecular weight is 294 g/mol. The maximum Gasteiger partial charge on any atom is 0.255 e. The van der Waals surface area contributed by atoms with Crippen molar-refractivity contribution in [3.63, 3.8) is 0 Å². The number of aliphatic hydroxyl groups excluding tert-OH is 1. The van der Waals surface area contributed by atoms with E-state index in [1.807, 2.05) is 25.1 Å². The molecule has 1 rings (SSSR count). The van der Waals surface area contributed by atoms with Crippen molar-refractivity contribution in [2.45, 2.75) is 26.4 Å². The number of ether oxygens (including phenoxy) is 1. The molecule has 0 aromatic heterocycles. The van der Waals surface area contributed by atoms with Gasteiger partial charge in [-0.05, 0) is 31.0 Å². The van der Waals surface area contributed by atoms with Crippen molar-refractivity contribution in [1.29, 1.82) is 0 Å². The van der Waals surface area contributed by atoms with Crippen LogP contribution in [0.2, 0.25) is 0 Å². The predicted molar refractivity (Wildman–Crippen MR) is 84.8 cm³/mol. The van der Waals surface area contributed by atoms with E-state index in [1.165, 1.54) is 12.0 Å². The van der Waals surface area contributed by atoms with E-state index in [4.69, 9.17) is 4.74 Å². The smallest absolute Gasteiger partial charge is 0.255 e. The van der Waals surface area contributed by atoms with Crippen LogP contribution in [-0.2, 0) is 4.74 Å². The van der Waals surface area contributed by atoms with E-state index in [-0.39, 0.29) is 19.1 Å². The number of amides is 1. The highest BCUT2D eigenvalue weighted by molar-refractivity contribution is 5.99. The summed E-state index contributed by atoms with van der Waals surface area (Å²) < 4.78 is 4.88. The molecule has 118 valence electrons. The lowest BCUT2D eigenvalue weighted by Crippen LogP contribution is -2.36. The lowest BCUT2D eigenvalue weighted by molar-refractivity contribution is 0.0380. The minimum atomic E-state index is -0.679. The van der Waals surface area contributed by atoms with Gasteiger partial charge in [-0.25, -0.2) is 0 Å². The Balaban J connectivity index is 2.85. The second-order valence-corrected chi connectivity index (χ2v) is 5.27. The van der Waals surface area contributed by atoms with E-state index in [2.05, 4.69) is 12.2 Å². The van der Waals surface area contributed by atoms with Crippen LogP contribution in [0.1, 0.15) is 29.3 Å². The van der Waals surface area contributed by atoms with Gasteiger partial charge in [0.1, 0.15) is 0 Å². The van der Waals surface area contributed by atoms with Crippen molar-refractivity contribution in [3.05, 3.63) is 29.3 Å². The molecule has 0 fully saturated rings. The SMILES string of the molecule is CCCNc1cc(C)ccc1C(=O)N(C)CC(O)COC. The van der Waals surface area contributed by atoms with Crippen LogP contribution in [0.4, 0.5) is 5.69 Å². The Morgan fingerprint density at radius 3 is 2.81 bits per heavy atom. The number of likely N-dealkylation sites (N-methyl/N-ethyl adjacent to an activating group) is 1. The lowest BCUT2D eigenvalue weighted by Gasteiger charge is -2.22. The summed E-state index contributed by atoms with van der Waals surface area (Å²) in [5.41, 5.74) is 2.57. The van der Waals surface area contributed by atoms with Gasteiger partial charge < -0.3 is 20.1 Å². The summed E-state index contributed by atoms with van der Waals surface area (Å²) in [6.07, 6.45) is 0.311. The van der Waals surface area contributed by atoms with Crippen LogP contribution in [0.15, 0.2) is 18.2 Å². The molecule has 0 aliphatic rings. The maximum atomic E-state index is 12.5. The van der Waals surface area contributed by atoms with Crippen molar-refractivity contribution in [1.82, 2.24) is 4.90 Å². The molecule has 0 aliphatic heterocycles. The molecule has 1 atom stereocenters. The molecular weight excluding hydrogens is 268 g/mol. The zero-order valence-corrected chi connectivity index (χ0v) is 13.3. The van der Waals surface area contributed by atoms with Crippen LogP contribution in [0.25, 0.3) is 0 Å². The molecule has 1 aromatic carbocycles. The molecule has 1 aromatic rings. The summed E-state index contributed by atoms with van der Waals surface area (Å²) in [5, 5.41) is 13.0. The standard InChI is InChI=1S/C16H26N2O3/c1-5-8-17-15-9-12(2)6-7-14(15)16(20)18(3)10-13(19)11-21-4/h6-7,9,13,17,19H,5,8,10-11H2,1-4H3.